The van der Waals surface area contributed by atoms with Crippen molar-refractivity contribution < 1.29 is 8.83 Å². The molecule has 262 valence electrons. The van der Waals surface area contributed by atoms with Crippen molar-refractivity contribution >= 4 is 93.5 Å². The minimum absolute atomic E-state index is 0.840. The highest BCUT2D eigenvalue weighted by molar-refractivity contribution is 6.21. The maximum atomic E-state index is 6.62. The van der Waals surface area contributed by atoms with Crippen LogP contribution in [0.1, 0.15) is 0 Å². The molecule has 0 unspecified atom stereocenters. The molecule has 12 aromatic rings. The van der Waals surface area contributed by atoms with E-state index in [1.165, 1.54) is 32.6 Å². The molecule has 0 saturated carbocycles. The minimum atomic E-state index is 0.840. The molecule has 9 aromatic carbocycles. The summed E-state index contributed by atoms with van der Waals surface area (Å²) in [5.41, 5.74) is 12.2. The maximum absolute atomic E-state index is 6.62. The molecule has 56 heavy (non-hydrogen) atoms. The van der Waals surface area contributed by atoms with Crippen molar-refractivity contribution in [2.24, 2.45) is 0 Å². The van der Waals surface area contributed by atoms with Gasteiger partial charge in [-0.1, -0.05) is 127 Å². The van der Waals surface area contributed by atoms with Crippen LogP contribution in [0.15, 0.2) is 203 Å². The largest absolute Gasteiger partial charge is 0.456 e. The highest BCUT2D eigenvalue weighted by Crippen LogP contribution is 2.45. The van der Waals surface area contributed by atoms with Gasteiger partial charge >= 0.3 is 0 Å². The Kier molecular flexibility index (Phi) is 6.60. The molecule has 0 saturated heterocycles. The third-order valence-corrected chi connectivity index (χ3v) is 11.4. The van der Waals surface area contributed by atoms with E-state index in [-0.39, 0.29) is 0 Å². The van der Waals surface area contributed by atoms with Crippen LogP contribution in [0.25, 0.3) is 93.3 Å². The first kappa shape index (κ1) is 30.9. The van der Waals surface area contributed by atoms with E-state index in [2.05, 4.69) is 179 Å². The zero-order valence-corrected chi connectivity index (χ0v) is 30.2. The highest BCUT2D eigenvalue weighted by Gasteiger charge is 2.22. The molecule has 4 nitrogen and oxygen atoms in total. The number of hydrogen-bond acceptors (Lipinski definition) is 3. The Labute approximate surface area is 321 Å². The lowest BCUT2D eigenvalue weighted by atomic mass is 10.0. The van der Waals surface area contributed by atoms with E-state index in [1.54, 1.807) is 0 Å². The average molecular weight is 717 g/mol. The molecule has 0 radical (unpaired) electrons. The van der Waals surface area contributed by atoms with Crippen molar-refractivity contribution in [1.29, 1.82) is 0 Å². The Balaban J connectivity index is 1.04. The predicted octanol–water partition coefficient (Wildman–Crippen LogP) is 14.9. The fourth-order valence-corrected chi connectivity index (χ4v) is 8.89. The lowest BCUT2D eigenvalue weighted by Gasteiger charge is -2.26. The van der Waals surface area contributed by atoms with E-state index in [1.807, 2.05) is 24.3 Å². The van der Waals surface area contributed by atoms with Gasteiger partial charge in [-0.3, -0.25) is 0 Å². The highest BCUT2D eigenvalue weighted by atomic mass is 16.3. The molecule has 0 N–H and O–H groups in total. The maximum Gasteiger partial charge on any atom is 0.159 e. The Hall–Kier alpha value is -7.56. The van der Waals surface area contributed by atoms with Crippen molar-refractivity contribution in [3.8, 4) is 16.8 Å². The fourth-order valence-electron chi connectivity index (χ4n) is 8.89. The van der Waals surface area contributed by atoms with Gasteiger partial charge in [-0.2, -0.15) is 0 Å². The predicted molar refractivity (Wildman–Crippen MR) is 233 cm³/mol. The number of benzene rings is 9. The van der Waals surface area contributed by atoms with Gasteiger partial charge in [0.1, 0.15) is 16.7 Å². The standard InChI is InChI=1S/C52H32N2O2/c1-2-14-38-33(12-1)26-31-46-51(38)43-17-4-8-20-45(43)54(46)44-19-7-3-13-37(44)34-24-27-35(28-25-34)53(36-29-30-41-39-15-5-9-22-48(39)55-50(41)32-36)47-21-11-18-42-40-16-6-10-23-49(40)56-52(42)47/h1-32H. The summed E-state index contributed by atoms with van der Waals surface area (Å²) in [6.45, 7) is 0. The summed E-state index contributed by atoms with van der Waals surface area (Å²) in [4.78, 5) is 2.28. The smallest absolute Gasteiger partial charge is 0.159 e. The second kappa shape index (κ2) is 12.0. The number of para-hydroxylation sites is 5. The van der Waals surface area contributed by atoms with Crippen molar-refractivity contribution in [2.45, 2.75) is 0 Å². The van der Waals surface area contributed by atoms with Crippen LogP contribution < -0.4 is 4.90 Å². The first-order chi connectivity index (χ1) is 27.8. The Morgan fingerprint density at radius 1 is 0.393 bits per heavy atom. The van der Waals surface area contributed by atoms with E-state index in [0.29, 0.717) is 0 Å². The average Bonchev–Trinajstić information content (AvgIpc) is 3.94. The van der Waals surface area contributed by atoms with Gasteiger partial charge in [0.25, 0.3) is 0 Å². The summed E-state index contributed by atoms with van der Waals surface area (Å²) < 4.78 is 15.5. The molecule has 4 heteroatoms. The molecule has 0 aliphatic carbocycles. The van der Waals surface area contributed by atoms with Gasteiger partial charge in [-0.25, -0.2) is 0 Å². The van der Waals surface area contributed by atoms with Gasteiger partial charge in [-0.15, -0.1) is 0 Å². The molecule has 0 spiro atoms. The van der Waals surface area contributed by atoms with Gasteiger partial charge in [0, 0.05) is 49.6 Å². The van der Waals surface area contributed by atoms with Crippen LogP contribution in [0, 0.1) is 0 Å². The number of nitrogens with zero attached hydrogens (tertiary/aromatic N) is 2. The monoisotopic (exact) mass is 716 g/mol. The van der Waals surface area contributed by atoms with E-state index in [0.717, 1.165) is 77.8 Å². The number of anilines is 3. The van der Waals surface area contributed by atoms with E-state index < -0.39 is 0 Å². The van der Waals surface area contributed by atoms with E-state index in [9.17, 15) is 0 Å². The Morgan fingerprint density at radius 3 is 1.89 bits per heavy atom. The third kappa shape index (κ3) is 4.53. The number of furan rings is 2. The topological polar surface area (TPSA) is 34.5 Å². The van der Waals surface area contributed by atoms with Crippen LogP contribution in [0.3, 0.4) is 0 Å². The Bertz CT molecular complexity index is 3490. The molecular formula is C52H32N2O2. The zero-order valence-electron chi connectivity index (χ0n) is 30.2. The molecule has 0 aliphatic heterocycles. The lowest BCUT2D eigenvalue weighted by molar-refractivity contribution is 0.667. The third-order valence-electron chi connectivity index (χ3n) is 11.4. The normalized spacial score (nSPS) is 11.9. The molecule has 0 atom stereocenters. The summed E-state index contributed by atoms with van der Waals surface area (Å²) in [6.07, 6.45) is 0. The van der Waals surface area contributed by atoms with Gasteiger partial charge in [0.05, 0.1) is 28.1 Å². The molecule has 3 heterocycles. The van der Waals surface area contributed by atoms with Crippen LogP contribution in [-0.2, 0) is 0 Å². The Morgan fingerprint density at radius 2 is 1.04 bits per heavy atom. The van der Waals surface area contributed by atoms with Gasteiger partial charge < -0.3 is 18.3 Å². The van der Waals surface area contributed by atoms with Gasteiger partial charge in [0.2, 0.25) is 0 Å². The van der Waals surface area contributed by atoms with Crippen molar-refractivity contribution in [3.05, 3.63) is 194 Å². The van der Waals surface area contributed by atoms with Crippen molar-refractivity contribution in [2.75, 3.05) is 4.90 Å². The lowest BCUT2D eigenvalue weighted by Crippen LogP contribution is -2.10. The minimum Gasteiger partial charge on any atom is -0.456 e. The van der Waals surface area contributed by atoms with Crippen LogP contribution in [0.2, 0.25) is 0 Å². The van der Waals surface area contributed by atoms with Gasteiger partial charge in [-0.05, 0) is 77.0 Å². The van der Waals surface area contributed by atoms with Crippen molar-refractivity contribution in [3.63, 3.8) is 0 Å². The summed E-state index contributed by atoms with van der Waals surface area (Å²) >= 11 is 0. The first-order valence-electron chi connectivity index (χ1n) is 19.0. The second-order valence-electron chi connectivity index (χ2n) is 14.5. The molecule has 3 aromatic heterocycles. The second-order valence-corrected chi connectivity index (χ2v) is 14.5. The molecule has 12 rings (SSSR count). The van der Waals surface area contributed by atoms with Crippen molar-refractivity contribution in [1.82, 2.24) is 4.57 Å². The van der Waals surface area contributed by atoms with E-state index >= 15 is 0 Å². The van der Waals surface area contributed by atoms with Crippen LogP contribution in [0.5, 0.6) is 0 Å². The number of hydrogen-bond donors (Lipinski definition) is 0. The molecule has 0 amide bonds. The summed E-state index contributed by atoms with van der Waals surface area (Å²) in [6, 6.07) is 69.0. The first-order valence-corrected chi connectivity index (χ1v) is 19.0. The van der Waals surface area contributed by atoms with Crippen LogP contribution in [-0.4, -0.2) is 4.57 Å². The summed E-state index contributed by atoms with van der Waals surface area (Å²) in [5.74, 6) is 0. The molecule has 0 bridgehead atoms. The number of rotatable bonds is 5. The summed E-state index contributed by atoms with van der Waals surface area (Å²) in [5, 5.41) is 9.42. The SMILES string of the molecule is c1ccc(-n2c3ccccc3c3c4ccccc4ccc32)c(-c2ccc(N(c3ccc4c(c3)oc3ccccc34)c3cccc4c3oc3ccccc34)cc2)c1. The quantitative estimate of drug-likeness (QED) is 0.178. The fraction of sp³-hybridized carbons (Fsp3) is 0. The zero-order chi connectivity index (χ0) is 36.7. The molecule has 0 fully saturated rings. The summed E-state index contributed by atoms with van der Waals surface area (Å²) in [7, 11) is 0. The van der Waals surface area contributed by atoms with Crippen LogP contribution >= 0.6 is 0 Å². The van der Waals surface area contributed by atoms with Crippen LogP contribution in [0.4, 0.5) is 17.1 Å². The number of aromatic nitrogens is 1. The van der Waals surface area contributed by atoms with Gasteiger partial charge in [0.15, 0.2) is 5.58 Å². The molecular weight excluding hydrogens is 685 g/mol. The van der Waals surface area contributed by atoms with E-state index in [4.69, 9.17) is 8.83 Å². The molecule has 0 aliphatic rings. The number of fused-ring (bicyclic) bond motifs is 11.